The average molecular weight is 301 g/mol. The lowest BCUT2D eigenvalue weighted by Crippen LogP contribution is -2.15. The molecule has 2 aromatic rings. The maximum Gasteiger partial charge on any atom is 0.244 e. The van der Waals surface area contributed by atoms with Crippen LogP contribution in [0.4, 0.5) is 0 Å². The van der Waals surface area contributed by atoms with Gasteiger partial charge in [0.15, 0.2) is 0 Å². The van der Waals surface area contributed by atoms with E-state index >= 15 is 0 Å². The number of aliphatic hydroxyl groups is 1. The van der Waals surface area contributed by atoms with Crippen LogP contribution in [0.2, 0.25) is 10.0 Å². The summed E-state index contributed by atoms with van der Waals surface area (Å²) in [6.07, 6.45) is 1.62. The van der Waals surface area contributed by atoms with Gasteiger partial charge in [-0.25, -0.2) is 4.98 Å². The highest BCUT2D eigenvalue weighted by molar-refractivity contribution is 6.35. The summed E-state index contributed by atoms with van der Waals surface area (Å²) < 4.78 is 5.17. The molecule has 1 aliphatic rings. The van der Waals surface area contributed by atoms with Crippen molar-refractivity contribution < 1.29 is 9.63 Å². The number of nitrogens with zero attached hydrogens (tertiary/aromatic N) is 3. The normalized spacial score (nSPS) is 22.9. The second-order valence-corrected chi connectivity index (χ2v) is 5.13. The van der Waals surface area contributed by atoms with Crippen LogP contribution in [-0.2, 0) is 0 Å². The van der Waals surface area contributed by atoms with Gasteiger partial charge >= 0.3 is 0 Å². The Hall–Kier alpha value is -1.21. The maximum atomic E-state index is 9.46. The van der Waals surface area contributed by atoms with Crippen LogP contribution >= 0.6 is 23.2 Å². The van der Waals surface area contributed by atoms with Gasteiger partial charge in [-0.15, -0.1) is 0 Å². The quantitative estimate of drug-likeness (QED) is 0.880. The largest absolute Gasteiger partial charge is 0.392 e. The Bertz CT molecular complexity index is 604. The van der Waals surface area contributed by atoms with Gasteiger partial charge in [0.1, 0.15) is 5.69 Å². The van der Waals surface area contributed by atoms with E-state index in [2.05, 4.69) is 20.4 Å². The topological polar surface area (TPSA) is 84.1 Å². The Balaban J connectivity index is 1.88. The van der Waals surface area contributed by atoms with E-state index in [1.165, 1.54) is 6.20 Å². The first-order chi connectivity index (χ1) is 9.13. The fourth-order valence-electron chi connectivity index (χ4n) is 1.96. The predicted octanol–water partition coefficient (Wildman–Crippen LogP) is 1.83. The molecule has 1 fully saturated rings. The maximum absolute atomic E-state index is 9.46. The molecular weight excluding hydrogens is 291 g/mol. The summed E-state index contributed by atoms with van der Waals surface area (Å²) in [6, 6.07) is 1.43. The molecule has 0 saturated carbocycles. The number of nitrogens with one attached hydrogen (secondary N) is 1. The fourth-order valence-corrected chi connectivity index (χ4v) is 2.42. The molecule has 2 atom stereocenters. The van der Waals surface area contributed by atoms with Crippen molar-refractivity contribution in [3.63, 3.8) is 0 Å². The van der Waals surface area contributed by atoms with Crippen LogP contribution in [0.5, 0.6) is 0 Å². The second kappa shape index (κ2) is 5.05. The van der Waals surface area contributed by atoms with Crippen LogP contribution in [0.15, 0.2) is 16.8 Å². The molecule has 0 unspecified atom stereocenters. The molecule has 1 aliphatic heterocycles. The Morgan fingerprint density at radius 1 is 1.42 bits per heavy atom. The lowest BCUT2D eigenvalue weighted by atomic mass is 10.2. The minimum absolute atomic E-state index is 0.137. The second-order valence-electron chi connectivity index (χ2n) is 4.29. The minimum Gasteiger partial charge on any atom is -0.392 e. The molecule has 0 aliphatic carbocycles. The highest BCUT2D eigenvalue weighted by atomic mass is 35.5. The van der Waals surface area contributed by atoms with Crippen molar-refractivity contribution in [2.45, 2.75) is 18.6 Å². The smallest absolute Gasteiger partial charge is 0.244 e. The SMILES string of the molecule is O[C@H]1CN[C@H](c2nc(-c3ncc(Cl)cc3Cl)no2)C1. The molecule has 0 bridgehead atoms. The third kappa shape index (κ3) is 2.57. The van der Waals surface area contributed by atoms with Crippen LogP contribution in [-0.4, -0.2) is 32.9 Å². The van der Waals surface area contributed by atoms with Crippen molar-refractivity contribution in [3.05, 3.63) is 28.2 Å². The van der Waals surface area contributed by atoms with Gasteiger partial charge in [-0.2, -0.15) is 4.98 Å². The van der Waals surface area contributed by atoms with Gasteiger partial charge < -0.3 is 14.9 Å². The van der Waals surface area contributed by atoms with Crippen LogP contribution in [0, 0.1) is 0 Å². The van der Waals surface area contributed by atoms with E-state index < -0.39 is 6.10 Å². The number of hydrogen-bond donors (Lipinski definition) is 2. The molecule has 3 heterocycles. The van der Waals surface area contributed by atoms with Gasteiger partial charge in [0.2, 0.25) is 11.7 Å². The Morgan fingerprint density at radius 3 is 2.95 bits per heavy atom. The molecule has 1 saturated heterocycles. The van der Waals surface area contributed by atoms with Gasteiger partial charge in [0.25, 0.3) is 0 Å². The molecule has 0 aromatic carbocycles. The number of β-amino-alcohol motifs (C(OH)–C–C–N with tert-alkyl or cyclic N) is 1. The first kappa shape index (κ1) is 12.8. The Kier molecular flexibility index (Phi) is 3.40. The highest BCUT2D eigenvalue weighted by Gasteiger charge is 2.28. The zero-order valence-corrected chi connectivity index (χ0v) is 11.2. The molecule has 8 heteroatoms. The van der Waals surface area contributed by atoms with E-state index in [1.807, 2.05) is 0 Å². The number of aromatic nitrogens is 3. The van der Waals surface area contributed by atoms with Crippen LogP contribution in [0.1, 0.15) is 18.4 Å². The molecular formula is C11H10Cl2N4O2. The molecule has 100 valence electrons. The van der Waals surface area contributed by atoms with Crippen LogP contribution in [0.25, 0.3) is 11.5 Å². The van der Waals surface area contributed by atoms with Crippen molar-refractivity contribution in [2.75, 3.05) is 6.54 Å². The summed E-state index contributed by atoms with van der Waals surface area (Å²) in [6.45, 7) is 0.516. The van der Waals surface area contributed by atoms with E-state index in [1.54, 1.807) is 6.07 Å². The van der Waals surface area contributed by atoms with Crippen molar-refractivity contribution >= 4 is 23.2 Å². The molecule has 0 spiro atoms. The van der Waals surface area contributed by atoms with Gasteiger partial charge in [-0.3, -0.25) is 0 Å². The molecule has 2 aromatic heterocycles. The van der Waals surface area contributed by atoms with E-state index in [-0.39, 0.29) is 6.04 Å². The van der Waals surface area contributed by atoms with Crippen molar-refractivity contribution in [2.24, 2.45) is 0 Å². The van der Waals surface area contributed by atoms with E-state index in [0.717, 1.165) is 0 Å². The number of pyridine rings is 1. The Labute approximate surface area is 118 Å². The number of aliphatic hydroxyl groups excluding tert-OH is 1. The van der Waals surface area contributed by atoms with Crippen molar-refractivity contribution in [1.29, 1.82) is 0 Å². The molecule has 2 N–H and O–H groups in total. The van der Waals surface area contributed by atoms with Gasteiger partial charge in [-0.05, 0) is 12.5 Å². The molecule has 19 heavy (non-hydrogen) atoms. The summed E-state index contributed by atoms with van der Waals surface area (Å²) in [5.41, 5.74) is 0.416. The third-order valence-electron chi connectivity index (χ3n) is 2.87. The number of rotatable bonds is 2. The molecule has 6 nitrogen and oxygen atoms in total. The standard InChI is InChI=1S/C11H10Cl2N4O2/c12-5-1-7(13)9(15-3-5)10-16-11(19-17-10)8-2-6(18)4-14-8/h1,3,6,8,14,18H,2,4H2/t6-,8+/m1/s1. The number of halogens is 2. The summed E-state index contributed by atoms with van der Waals surface area (Å²) in [5.74, 6) is 0.722. The van der Waals surface area contributed by atoms with E-state index in [4.69, 9.17) is 27.7 Å². The highest BCUT2D eigenvalue weighted by Crippen LogP contribution is 2.28. The zero-order chi connectivity index (χ0) is 13.4. The monoisotopic (exact) mass is 300 g/mol. The molecule has 0 amide bonds. The summed E-state index contributed by atoms with van der Waals surface area (Å²) in [7, 11) is 0. The van der Waals surface area contributed by atoms with Gasteiger partial charge in [0, 0.05) is 12.7 Å². The first-order valence-electron chi connectivity index (χ1n) is 5.70. The minimum atomic E-state index is -0.391. The zero-order valence-electron chi connectivity index (χ0n) is 9.68. The van der Waals surface area contributed by atoms with Crippen LogP contribution in [0.3, 0.4) is 0 Å². The van der Waals surface area contributed by atoms with Crippen molar-refractivity contribution in [1.82, 2.24) is 20.4 Å². The van der Waals surface area contributed by atoms with E-state index in [9.17, 15) is 5.11 Å². The summed E-state index contributed by atoms with van der Waals surface area (Å²) >= 11 is 11.8. The lowest BCUT2D eigenvalue weighted by Gasteiger charge is -2.01. The van der Waals surface area contributed by atoms with E-state index in [0.29, 0.717) is 40.4 Å². The van der Waals surface area contributed by atoms with Crippen LogP contribution < -0.4 is 5.32 Å². The number of hydrogen-bond acceptors (Lipinski definition) is 6. The first-order valence-corrected chi connectivity index (χ1v) is 6.45. The lowest BCUT2D eigenvalue weighted by molar-refractivity contribution is 0.191. The summed E-state index contributed by atoms with van der Waals surface area (Å²) in [4.78, 5) is 8.33. The average Bonchev–Trinajstić information content (AvgIpc) is 2.97. The fraction of sp³-hybridized carbons (Fsp3) is 0.364. The predicted molar refractivity (Wildman–Crippen MR) is 68.9 cm³/mol. The van der Waals surface area contributed by atoms with Crippen molar-refractivity contribution in [3.8, 4) is 11.5 Å². The summed E-state index contributed by atoms with van der Waals surface area (Å²) in [5, 5.41) is 17.2. The molecule has 3 rings (SSSR count). The third-order valence-corrected chi connectivity index (χ3v) is 3.36. The van der Waals surface area contributed by atoms with Gasteiger partial charge in [0.05, 0.1) is 22.2 Å². The Morgan fingerprint density at radius 2 is 2.26 bits per heavy atom. The van der Waals surface area contributed by atoms with Gasteiger partial charge in [-0.1, -0.05) is 28.4 Å². The molecule has 0 radical (unpaired) electrons.